The van der Waals surface area contributed by atoms with Crippen molar-refractivity contribution < 1.29 is 19.1 Å². The number of nitrogens with one attached hydrogen (secondary N) is 1. The lowest BCUT2D eigenvalue weighted by Crippen LogP contribution is -2.26. The molecular weight excluding hydrogens is 408 g/mol. The zero-order valence-corrected chi connectivity index (χ0v) is 19.0. The van der Waals surface area contributed by atoms with Gasteiger partial charge in [0.25, 0.3) is 5.91 Å². The Labute approximate surface area is 187 Å². The van der Waals surface area contributed by atoms with Gasteiger partial charge in [-0.25, -0.2) is 4.68 Å². The molecule has 8 heteroatoms. The van der Waals surface area contributed by atoms with E-state index >= 15 is 0 Å². The Kier molecular flexibility index (Phi) is 7.14. The van der Waals surface area contributed by atoms with Crippen LogP contribution in [0.2, 0.25) is 0 Å². The lowest BCUT2D eigenvalue weighted by molar-refractivity contribution is -0.118. The van der Waals surface area contributed by atoms with E-state index in [9.17, 15) is 9.59 Å². The first-order valence-electron chi connectivity index (χ1n) is 10.3. The van der Waals surface area contributed by atoms with Gasteiger partial charge in [0.05, 0.1) is 19.9 Å². The maximum atomic E-state index is 13.1. The second kappa shape index (κ2) is 10.00. The fraction of sp³-hybridized carbons (Fsp3) is 0.292. The van der Waals surface area contributed by atoms with E-state index in [0.29, 0.717) is 23.9 Å². The molecule has 1 aromatic heterocycles. The lowest BCUT2D eigenvalue weighted by Gasteiger charge is -2.17. The van der Waals surface area contributed by atoms with Crippen molar-refractivity contribution in [1.29, 1.82) is 0 Å². The van der Waals surface area contributed by atoms with Crippen molar-refractivity contribution in [3.05, 3.63) is 65.9 Å². The molecule has 0 fully saturated rings. The molecule has 1 N–H and O–H groups in total. The summed E-state index contributed by atoms with van der Waals surface area (Å²) >= 11 is 0. The zero-order valence-electron chi connectivity index (χ0n) is 19.0. The van der Waals surface area contributed by atoms with Crippen LogP contribution in [-0.4, -0.2) is 47.8 Å². The fourth-order valence-corrected chi connectivity index (χ4v) is 3.13. The lowest BCUT2D eigenvalue weighted by atomic mass is 10.2. The number of nitrogens with zero attached hydrogens (tertiary/aromatic N) is 3. The minimum atomic E-state index is -0.269. The predicted molar refractivity (Wildman–Crippen MR) is 122 cm³/mol. The van der Waals surface area contributed by atoms with Gasteiger partial charge in [-0.1, -0.05) is 38.1 Å². The molecule has 32 heavy (non-hydrogen) atoms. The van der Waals surface area contributed by atoms with Crippen LogP contribution in [0.5, 0.6) is 11.5 Å². The molecule has 3 aromatic rings. The highest BCUT2D eigenvalue weighted by Gasteiger charge is 2.21. The normalized spacial score (nSPS) is 10.7. The number of anilines is 1. The van der Waals surface area contributed by atoms with Crippen LogP contribution >= 0.6 is 0 Å². The number of methoxy groups -OCH3 is 2. The number of carbonyl (C=O) groups is 2. The Morgan fingerprint density at radius 3 is 2.34 bits per heavy atom. The molecular formula is C24H28N4O4. The van der Waals surface area contributed by atoms with Crippen LogP contribution in [0.1, 0.15) is 29.9 Å². The summed E-state index contributed by atoms with van der Waals surface area (Å²) < 4.78 is 12.2. The molecule has 0 unspecified atom stereocenters. The Bertz CT molecular complexity index is 1090. The van der Waals surface area contributed by atoms with Gasteiger partial charge in [-0.05, 0) is 29.8 Å². The monoisotopic (exact) mass is 436 g/mol. The number of para-hydroxylation sites is 1. The molecule has 0 bridgehead atoms. The third-order valence-corrected chi connectivity index (χ3v) is 4.92. The van der Waals surface area contributed by atoms with Gasteiger partial charge in [0.2, 0.25) is 5.91 Å². The maximum absolute atomic E-state index is 13.1. The van der Waals surface area contributed by atoms with Crippen molar-refractivity contribution in [2.24, 2.45) is 5.92 Å². The highest BCUT2D eigenvalue weighted by Crippen LogP contribution is 2.28. The third-order valence-electron chi connectivity index (χ3n) is 4.92. The van der Waals surface area contributed by atoms with Gasteiger partial charge in [-0.15, -0.1) is 0 Å². The summed E-state index contributed by atoms with van der Waals surface area (Å²) in [5.41, 5.74) is 1.86. The molecule has 8 nitrogen and oxygen atoms in total. The van der Waals surface area contributed by atoms with Crippen molar-refractivity contribution in [2.45, 2.75) is 20.4 Å². The first-order valence-corrected chi connectivity index (χ1v) is 10.3. The molecule has 0 radical (unpaired) electrons. The van der Waals surface area contributed by atoms with Crippen molar-refractivity contribution >= 4 is 17.6 Å². The van der Waals surface area contributed by atoms with Gasteiger partial charge in [-0.2, -0.15) is 5.10 Å². The van der Waals surface area contributed by atoms with Crippen LogP contribution in [0.15, 0.2) is 54.6 Å². The molecule has 168 valence electrons. The van der Waals surface area contributed by atoms with E-state index < -0.39 is 0 Å². The molecule has 0 aliphatic heterocycles. The first-order chi connectivity index (χ1) is 15.3. The van der Waals surface area contributed by atoms with Crippen LogP contribution in [0.4, 0.5) is 5.82 Å². The Balaban J connectivity index is 1.87. The van der Waals surface area contributed by atoms with Crippen LogP contribution in [0, 0.1) is 5.92 Å². The van der Waals surface area contributed by atoms with E-state index in [-0.39, 0.29) is 23.4 Å². The van der Waals surface area contributed by atoms with E-state index in [4.69, 9.17) is 9.47 Å². The SMILES string of the molecule is COc1ccc(CN(C)C(=O)c2cc(NC(=O)C(C)C)n(-c3ccccc3)n2)cc1OC. The standard InChI is InChI=1S/C24H28N4O4/c1-16(2)23(29)25-22-14-19(26-28(22)18-9-7-6-8-10-18)24(30)27(3)15-17-11-12-20(31-4)21(13-17)32-5/h6-14,16H,15H2,1-5H3,(H,25,29). The number of rotatable bonds is 8. The first kappa shape index (κ1) is 22.9. The highest BCUT2D eigenvalue weighted by molar-refractivity contribution is 5.96. The van der Waals surface area contributed by atoms with Crippen molar-refractivity contribution in [1.82, 2.24) is 14.7 Å². The number of benzene rings is 2. The molecule has 0 aliphatic rings. The van der Waals surface area contributed by atoms with Crippen LogP contribution < -0.4 is 14.8 Å². The summed E-state index contributed by atoms with van der Waals surface area (Å²) in [4.78, 5) is 27.0. The summed E-state index contributed by atoms with van der Waals surface area (Å²) in [6.07, 6.45) is 0. The Morgan fingerprint density at radius 1 is 1.03 bits per heavy atom. The molecule has 1 heterocycles. The van der Waals surface area contributed by atoms with Gasteiger partial charge in [0, 0.05) is 25.6 Å². The number of carbonyl (C=O) groups excluding carboxylic acids is 2. The van der Waals surface area contributed by atoms with E-state index in [0.717, 1.165) is 11.3 Å². The summed E-state index contributed by atoms with van der Waals surface area (Å²) in [5, 5.41) is 7.34. The second-order valence-corrected chi connectivity index (χ2v) is 7.66. The van der Waals surface area contributed by atoms with Crippen molar-refractivity contribution in [2.75, 3.05) is 26.6 Å². The smallest absolute Gasteiger partial charge is 0.274 e. The quantitative estimate of drug-likeness (QED) is 0.581. The average Bonchev–Trinajstić information content (AvgIpc) is 3.22. The molecule has 0 aliphatic carbocycles. The van der Waals surface area contributed by atoms with E-state index in [1.807, 2.05) is 56.3 Å². The largest absolute Gasteiger partial charge is 0.493 e. The van der Waals surface area contributed by atoms with Crippen LogP contribution in [0.3, 0.4) is 0 Å². The second-order valence-electron chi connectivity index (χ2n) is 7.66. The maximum Gasteiger partial charge on any atom is 0.274 e. The summed E-state index contributed by atoms with van der Waals surface area (Å²) in [6.45, 7) is 3.97. The Hall–Kier alpha value is -3.81. The summed E-state index contributed by atoms with van der Waals surface area (Å²) in [7, 11) is 4.85. The number of aromatic nitrogens is 2. The molecule has 0 atom stereocenters. The van der Waals surface area contributed by atoms with Gasteiger partial charge in [0.15, 0.2) is 17.2 Å². The zero-order chi connectivity index (χ0) is 23.3. The highest BCUT2D eigenvalue weighted by atomic mass is 16.5. The minimum absolute atomic E-state index is 0.153. The molecule has 2 amide bonds. The fourth-order valence-electron chi connectivity index (χ4n) is 3.13. The van der Waals surface area contributed by atoms with Crippen LogP contribution in [-0.2, 0) is 11.3 Å². The van der Waals surface area contributed by atoms with Crippen molar-refractivity contribution in [3.8, 4) is 17.2 Å². The number of hydrogen-bond donors (Lipinski definition) is 1. The van der Waals surface area contributed by atoms with E-state index in [2.05, 4.69) is 10.4 Å². The van der Waals surface area contributed by atoms with E-state index in [1.54, 1.807) is 43.0 Å². The topological polar surface area (TPSA) is 85.7 Å². The van der Waals surface area contributed by atoms with Gasteiger partial charge >= 0.3 is 0 Å². The molecule has 0 spiro atoms. The van der Waals surface area contributed by atoms with Gasteiger partial charge in [0.1, 0.15) is 5.82 Å². The third kappa shape index (κ3) is 5.08. The minimum Gasteiger partial charge on any atom is -0.493 e. The van der Waals surface area contributed by atoms with Gasteiger partial charge < -0.3 is 19.7 Å². The predicted octanol–water partition coefficient (Wildman–Crippen LogP) is 3.76. The molecule has 0 saturated carbocycles. The molecule has 0 saturated heterocycles. The van der Waals surface area contributed by atoms with Gasteiger partial charge in [-0.3, -0.25) is 9.59 Å². The Morgan fingerprint density at radius 2 is 1.72 bits per heavy atom. The summed E-state index contributed by atoms with van der Waals surface area (Å²) in [5.74, 6) is 1.03. The van der Waals surface area contributed by atoms with Crippen LogP contribution in [0.25, 0.3) is 5.69 Å². The number of amides is 2. The van der Waals surface area contributed by atoms with Crippen molar-refractivity contribution in [3.63, 3.8) is 0 Å². The summed E-state index contributed by atoms with van der Waals surface area (Å²) in [6, 6.07) is 16.5. The number of ether oxygens (including phenoxy) is 2. The molecule has 2 aromatic carbocycles. The van der Waals surface area contributed by atoms with E-state index in [1.165, 1.54) is 0 Å². The molecule has 3 rings (SSSR count). The number of hydrogen-bond acceptors (Lipinski definition) is 5. The average molecular weight is 437 g/mol.